The summed E-state index contributed by atoms with van der Waals surface area (Å²) in [5, 5.41) is 4.15. The van der Waals surface area contributed by atoms with Crippen LogP contribution in [0.15, 0.2) is 29.4 Å². The van der Waals surface area contributed by atoms with Crippen LogP contribution in [-0.4, -0.2) is 35.9 Å². The highest BCUT2D eigenvalue weighted by Gasteiger charge is 2.33. The zero-order chi connectivity index (χ0) is 13.4. The SMILES string of the molecule is CCCNC(C)(CSc1ccccn1)C(=O)OC. The molecule has 5 heteroatoms. The predicted molar refractivity (Wildman–Crippen MR) is 73.7 cm³/mol. The molecule has 100 valence electrons. The molecule has 0 aliphatic rings. The van der Waals surface area contributed by atoms with E-state index in [1.807, 2.05) is 25.1 Å². The molecular formula is C13H20N2O2S. The van der Waals surface area contributed by atoms with Crippen molar-refractivity contribution in [2.24, 2.45) is 0 Å². The molecule has 1 heterocycles. The highest BCUT2D eigenvalue weighted by atomic mass is 32.2. The zero-order valence-electron chi connectivity index (χ0n) is 11.1. The first-order chi connectivity index (χ1) is 8.62. The molecule has 0 aliphatic heterocycles. The average molecular weight is 268 g/mol. The van der Waals surface area contributed by atoms with Crippen LogP contribution in [0, 0.1) is 0 Å². The number of hydrogen-bond acceptors (Lipinski definition) is 5. The number of nitrogens with zero attached hydrogens (tertiary/aromatic N) is 1. The highest BCUT2D eigenvalue weighted by molar-refractivity contribution is 7.99. The molecule has 1 aromatic rings. The molecule has 1 aromatic heterocycles. The van der Waals surface area contributed by atoms with Gasteiger partial charge in [-0.15, -0.1) is 11.8 Å². The third-order valence-electron chi connectivity index (χ3n) is 2.55. The summed E-state index contributed by atoms with van der Waals surface area (Å²) in [5.74, 6) is 0.357. The number of carbonyl (C=O) groups excluding carboxylic acids is 1. The molecule has 1 atom stereocenters. The molecule has 4 nitrogen and oxygen atoms in total. The Bertz CT molecular complexity index is 373. The molecule has 18 heavy (non-hydrogen) atoms. The number of hydrogen-bond donors (Lipinski definition) is 1. The minimum Gasteiger partial charge on any atom is -0.468 e. The van der Waals surface area contributed by atoms with Gasteiger partial charge in [-0.25, -0.2) is 4.98 Å². The summed E-state index contributed by atoms with van der Waals surface area (Å²) in [6.45, 7) is 4.72. The second kappa shape index (κ2) is 7.38. The van der Waals surface area contributed by atoms with E-state index >= 15 is 0 Å². The zero-order valence-corrected chi connectivity index (χ0v) is 11.9. The summed E-state index contributed by atoms with van der Waals surface area (Å²) < 4.78 is 4.87. The Morgan fingerprint density at radius 1 is 1.56 bits per heavy atom. The lowest BCUT2D eigenvalue weighted by Gasteiger charge is -2.27. The number of methoxy groups -OCH3 is 1. The van der Waals surface area contributed by atoms with Crippen LogP contribution in [0.3, 0.4) is 0 Å². The lowest BCUT2D eigenvalue weighted by Crippen LogP contribution is -2.52. The maximum Gasteiger partial charge on any atom is 0.326 e. The average Bonchev–Trinajstić information content (AvgIpc) is 2.43. The van der Waals surface area contributed by atoms with E-state index < -0.39 is 5.54 Å². The molecule has 0 aliphatic carbocycles. The van der Waals surface area contributed by atoms with Crippen molar-refractivity contribution in [2.45, 2.75) is 30.8 Å². The Kier molecular flexibility index (Phi) is 6.15. The molecular weight excluding hydrogens is 248 g/mol. The van der Waals surface area contributed by atoms with Crippen molar-refractivity contribution < 1.29 is 9.53 Å². The second-order valence-corrected chi connectivity index (χ2v) is 5.20. The molecule has 0 bridgehead atoms. The maximum absolute atomic E-state index is 11.8. The largest absolute Gasteiger partial charge is 0.468 e. The van der Waals surface area contributed by atoms with Crippen molar-refractivity contribution in [1.29, 1.82) is 0 Å². The van der Waals surface area contributed by atoms with Crippen LogP contribution in [-0.2, 0) is 9.53 Å². The van der Waals surface area contributed by atoms with Crippen LogP contribution in [0.4, 0.5) is 0 Å². The van der Waals surface area contributed by atoms with Crippen molar-refractivity contribution in [2.75, 3.05) is 19.4 Å². The van der Waals surface area contributed by atoms with Gasteiger partial charge in [0.15, 0.2) is 0 Å². The van der Waals surface area contributed by atoms with Crippen molar-refractivity contribution in [3.8, 4) is 0 Å². The number of nitrogens with one attached hydrogen (secondary N) is 1. The van der Waals surface area contributed by atoms with Gasteiger partial charge in [0.2, 0.25) is 0 Å². The molecule has 0 spiro atoms. The number of pyridine rings is 1. The number of thioether (sulfide) groups is 1. The summed E-state index contributed by atoms with van der Waals surface area (Å²) in [7, 11) is 1.42. The maximum atomic E-state index is 11.8. The fourth-order valence-corrected chi connectivity index (χ4v) is 2.43. The first-order valence-corrected chi connectivity index (χ1v) is 6.98. The molecule has 0 radical (unpaired) electrons. The fraction of sp³-hybridized carbons (Fsp3) is 0.538. The van der Waals surface area contributed by atoms with Crippen molar-refractivity contribution in [3.05, 3.63) is 24.4 Å². The van der Waals surface area contributed by atoms with Gasteiger partial charge in [-0.2, -0.15) is 0 Å². The predicted octanol–water partition coefficient (Wildman–Crippen LogP) is 2.10. The normalized spacial score (nSPS) is 13.9. The minimum absolute atomic E-state index is 0.237. The summed E-state index contributed by atoms with van der Waals surface area (Å²) in [4.78, 5) is 16.1. The van der Waals surface area contributed by atoms with Gasteiger partial charge >= 0.3 is 5.97 Å². The van der Waals surface area contributed by atoms with Gasteiger partial charge in [-0.05, 0) is 32.0 Å². The van der Waals surface area contributed by atoms with Gasteiger partial charge in [0.1, 0.15) is 5.54 Å². The second-order valence-electron chi connectivity index (χ2n) is 4.21. The van der Waals surface area contributed by atoms with E-state index in [9.17, 15) is 4.79 Å². The molecule has 0 saturated carbocycles. The van der Waals surface area contributed by atoms with E-state index in [4.69, 9.17) is 4.74 Å². The molecule has 0 saturated heterocycles. The number of aromatic nitrogens is 1. The smallest absolute Gasteiger partial charge is 0.326 e. The highest BCUT2D eigenvalue weighted by Crippen LogP contribution is 2.21. The number of carbonyl (C=O) groups is 1. The number of ether oxygens (including phenoxy) is 1. The summed E-state index contributed by atoms with van der Waals surface area (Å²) >= 11 is 1.55. The van der Waals surface area contributed by atoms with Gasteiger partial charge in [-0.3, -0.25) is 4.79 Å². The lowest BCUT2D eigenvalue weighted by atomic mass is 10.1. The van der Waals surface area contributed by atoms with E-state index in [0.29, 0.717) is 5.75 Å². The molecule has 0 amide bonds. The Morgan fingerprint density at radius 2 is 2.33 bits per heavy atom. The van der Waals surface area contributed by atoms with E-state index in [0.717, 1.165) is 18.0 Å². The topological polar surface area (TPSA) is 51.2 Å². The molecule has 1 unspecified atom stereocenters. The molecule has 0 fully saturated rings. The van der Waals surface area contributed by atoms with E-state index in [-0.39, 0.29) is 5.97 Å². The van der Waals surface area contributed by atoms with Crippen LogP contribution in [0.25, 0.3) is 0 Å². The third-order valence-corrected chi connectivity index (χ3v) is 3.81. The van der Waals surface area contributed by atoms with Crippen LogP contribution >= 0.6 is 11.8 Å². The monoisotopic (exact) mass is 268 g/mol. The number of rotatable bonds is 7. The standard InChI is InChI=1S/C13H20N2O2S/c1-4-8-15-13(2,12(16)17-3)10-18-11-7-5-6-9-14-11/h5-7,9,15H,4,8,10H2,1-3H3. The molecule has 0 aromatic carbocycles. The summed E-state index contributed by atoms with van der Waals surface area (Å²) in [6, 6.07) is 5.74. The Balaban J connectivity index is 2.64. The van der Waals surface area contributed by atoms with Crippen molar-refractivity contribution >= 4 is 17.7 Å². The van der Waals surface area contributed by atoms with Gasteiger partial charge in [0, 0.05) is 11.9 Å². The van der Waals surface area contributed by atoms with Gasteiger partial charge in [-0.1, -0.05) is 13.0 Å². The first kappa shape index (κ1) is 15.0. The van der Waals surface area contributed by atoms with E-state index in [1.54, 1.807) is 18.0 Å². The Hall–Kier alpha value is -1.07. The molecule has 1 rings (SSSR count). The summed E-state index contributed by atoms with van der Waals surface area (Å²) in [5.41, 5.74) is -0.674. The van der Waals surface area contributed by atoms with Crippen molar-refractivity contribution in [3.63, 3.8) is 0 Å². The van der Waals surface area contributed by atoms with Gasteiger partial charge in [0.25, 0.3) is 0 Å². The fourth-order valence-electron chi connectivity index (χ4n) is 1.46. The van der Waals surface area contributed by atoms with Crippen LogP contribution in [0.5, 0.6) is 0 Å². The molecule has 1 N–H and O–H groups in total. The van der Waals surface area contributed by atoms with Crippen LogP contribution < -0.4 is 5.32 Å². The summed E-state index contributed by atoms with van der Waals surface area (Å²) in [6.07, 6.45) is 2.72. The van der Waals surface area contributed by atoms with E-state index in [2.05, 4.69) is 17.2 Å². The number of esters is 1. The first-order valence-electron chi connectivity index (χ1n) is 5.99. The quantitative estimate of drug-likeness (QED) is 0.606. The van der Waals surface area contributed by atoms with Gasteiger partial charge < -0.3 is 10.1 Å². The lowest BCUT2D eigenvalue weighted by molar-refractivity contribution is -0.146. The minimum atomic E-state index is -0.674. The van der Waals surface area contributed by atoms with Crippen molar-refractivity contribution in [1.82, 2.24) is 10.3 Å². The third kappa shape index (κ3) is 4.31. The van der Waals surface area contributed by atoms with Gasteiger partial charge in [0.05, 0.1) is 12.1 Å². The van der Waals surface area contributed by atoms with E-state index in [1.165, 1.54) is 7.11 Å². The Labute approximate surface area is 113 Å². The van der Waals surface area contributed by atoms with Crippen LogP contribution in [0.1, 0.15) is 20.3 Å². The Morgan fingerprint density at radius 3 is 2.89 bits per heavy atom. The van der Waals surface area contributed by atoms with Crippen LogP contribution in [0.2, 0.25) is 0 Å².